The molecule has 0 heterocycles. The monoisotopic (exact) mass is 331 g/mol. The Morgan fingerprint density at radius 1 is 1.12 bits per heavy atom. The van der Waals surface area contributed by atoms with Gasteiger partial charge in [-0.25, -0.2) is 9.18 Å². The number of benzene rings is 2. The van der Waals surface area contributed by atoms with Crippen molar-refractivity contribution in [1.29, 1.82) is 0 Å². The Balaban J connectivity index is 2.11. The molecule has 0 aliphatic rings. The third kappa shape index (κ3) is 3.81. The lowest BCUT2D eigenvalue weighted by molar-refractivity contribution is -0.385. The zero-order valence-corrected chi connectivity index (χ0v) is 13.0. The van der Waals surface area contributed by atoms with Gasteiger partial charge in [-0.2, -0.15) is 0 Å². The fourth-order valence-corrected chi connectivity index (χ4v) is 2.12. The zero-order chi connectivity index (χ0) is 17.9. The predicted octanol–water partition coefficient (Wildman–Crippen LogP) is 3.47. The summed E-state index contributed by atoms with van der Waals surface area (Å²) < 4.78 is 18.0. The number of nitro groups is 1. The molecule has 2 aromatic carbocycles. The van der Waals surface area contributed by atoms with Gasteiger partial charge in [-0.3, -0.25) is 14.9 Å². The number of hydrogen-bond acceptors (Lipinski definition) is 5. The lowest BCUT2D eigenvalue weighted by Crippen LogP contribution is -2.24. The molecule has 0 aliphatic carbocycles. The number of Topliss-reactive ketones (excluding diaryl/α,β-unsaturated/α-hetero) is 1. The quantitative estimate of drug-likeness (QED) is 0.362. The lowest BCUT2D eigenvalue weighted by Gasteiger charge is -2.12. The molecular weight excluding hydrogens is 317 g/mol. The molecule has 0 saturated heterocycles. The van der Waals surface area contributed by atoms with Crippen molar-refractivity contribution < 1.29 is 23.6 Å². The molecule has 2 rings (SSSR count). The number of aryl methyl sites for hydroxylation is 1. The summed E-state index contributed by atoms with van der Waals surface area (Å²) in [5.74, 6) is -1.71. The summed E-state index contributed by atoms with van der Waals surface area (Å²) >= 11 is 0. The van der Waals surface area contributed by atoms with Gasteiger partial charge in [0.2, 0.25) is 5.78 Å². The Morgan fingerprint density at radius 2 is 1.71 bits per heavy atom. The molecular formula is C17H14FNO5. The third-order valence-electron chi connectivity index (χ3n) is 3.41. The number of carbonyl (C=O) groups excluding carboxylic acids is 2. The maximum Gasteiger partial charge on any atom is 0.338 e. The van der Waals surface area contributed by atoms with Crippen molar-refractivity contribution in [3.63, 3.8) is 0 Å². The molecule has 0 spiro atoms. The van der Waals surface area contributed by atoms with E-state index in [-0.39, 0.29) is 16.8 Å². The number of carbonyl (C=O) groups is 2. The Morgan fingerprint density at radius 3 is 2.25 bits per heavy atom. The van der Waals surface area contributed by atoms with Crippen LogP contribution in [0.5, 0.6) is 0 Å². The minimum absolute atomic E-state index is 0.108. The number of nitro benzene ring substituents is 1. The van der Waals surface area contributed by atoms with Crippen molar-refractivity contribution in [3.05, 3.63) is 75.1 Å². The van der Waals surface area contributed by atoms with Gasteiger partial charge in [-0.1, -0.05) is 0 Å². The second-order valence-electron chi connectivity index (χ2n) is 5.18. The van der Waals surface area contributed by atoms with E-state index in [1.54, 1.807) is 0 Å². The Labute approximate surface area is 137 Å². The van der Waals surface area contributed by atoms with E-state index in [4.69, 9.17) is 4.74 Å². The number of hydrogen-bond donors (Lipinski definition) is 0. The second kappa shape index (κ2) is 6.99. The van der Waals surface area contributed by atoms with Crippen LogP contribution in [0.3, 0.4) is 0 Å². The van der Waals surface area contributed by atoms with E-state index in [0.717, 1.165) is 12.1 Å². The first-order chi connectivity index (χ1) is 11.3. The molecule has 7 heteroatoms. The van der Waals surface area contributed by atoms with Crippen LogP contribution in [0.4, 0.5) is 10.1 Å². The van der Waals surface area contributed by atoms with Crippen LogP contribution < -0.4 is 0 Å². The van der Waals surface area contributed by atoms with Crippen LogP contribution in [0.25, 0.3) is 0 Å². The van der Waals surface area contributed by atoms with E-state index >= 15 is 0 Å². The minimum atomic E-state index is -1.07. The second-order valence-corrected chi connectivity index (χ2v) is 5.18. The largest absolute Gasteiger partial charge is 0.451 e. The summed E-state index contributed by atoms with van der Waals surface area (Å²) in [6.45, 7) is 2.91. The fourth-order valence-electron chi connectivity index (χ4n) is 2.12. The van der Waals surface area contributed by atoms with E-state index < -0.39 is 28.6 Å². The van der Waals surface area contributed by atoms with Crippen LogP contribution in [0.2, 0.25) is 0 Å². The number of nitrogens with zero attached hydrogens (tertiary/aromatic N) is 1. The van der Waals surface area contributed by atoms with Gasteiger partial charge in [-0.05, 0) is 50.2 Å². The normalized spacial score (nSPS) is 11.6. The number of rotatable bonds is 5. The molecule has 6 nitrogen and oxygen atoms in total. The van der Waals surface area contributed by atoms with Crippen LogP contribution in [-0.2, 0) is 4.74 Å². The van der Waals surface area contributed by atoms with Crippen molar-refractivity contribution in [1.82, 2.24) is 0 Å². The number of ether oxygens (including phenoxy) is 1. The highest BCUT2D eigenvalue weighted by atomic mass is 19.1. The molecule has 1 atom stereocenters. The summed E-state index contributed by atoms with van der Waals surface area (Å²) in [7, 11) is 0. The Bertz CT molecular complexity index is 801. The Hall–Kier alpha value is -3.09. The van der Waals surface area contributed by atoms with Gasteiger partial charge in [0, 0.05) is 17.2 Å². The minimum Gasteiger partial charge on any atom is -0.451 e. The van der Waals surface area contributed by atoms with E-state index in [0.29, 0.717) is 5.56 Å². The van der Waals surface area contributed by atoms with Gasteiger partial charge in [0.15, 0.2) is 6.10 Å². The van der Waals surface area contributed by atoms with Gasteiger partial charge < -0.3 is 4.74 Å². The first-order valence-corrected chi connectivity index (χ1v) is 7.05. The van der Waals surface area contributed by atoms with E-state index in [2.05, 4.69) is 0 Å². The topological polar surface area (TPSA) is 86.5 Å². The third-order valence-corrected chi connectivity index (χ3v) is 3.41. The highest BCUT2D eigenvalue weighted by Gasteiger charge is 2.21. The molecule has 0 fully saturated rings. The van der Waals surface area contributed by atoms with Crippen LogP contribution in [0.1, 0.15) is 33.2 Å². The van der Waals surface area contributed by atoms with E-state index in [9.17, 15) is 24.1 Å². The molecule has 0 aromatic heterocycles. The molecule has 0 bridgehead atoms. The average molecular weight is 331 g/mol. The van der Waals surface area contributed by atoms with Crippen molar-refractivity contribution in [2.75, 3.05) is 0 Å². The molecule has 0 radical (unpaired) electrons. The molecule has 0 N–H and O–H groups in total. The van der Waals surface area contributed by atoms with Crippen LogP contribution in [0, 0.1) is 22.9 Å². The fraction of sp³-hybridized carbons (Fsp3) is 0.176. The molecule has 124 valence electrons. The summed E-state index contributed by atoms with van der Waals surface area (Å²) in [5, 5.41) is 10.8. The lowest BCUT2D eigenvalue weighted by atomic mass is 10.1. The zero-order valence-electron chi connectivity index (χ0n) is 13.0. The van der Waals surface area contributed by atoms with Crippen molar-refractivity contribution in [3.8, 4) is 0 Å². The number of esters is 1. The van der Waals surface area contributed by atoms with Crippen LogP contribution in [0.15, 0.2) is 42.5 Å². The number of halogens is 1. The summed E-state index contributed by atoms with van der Waals surface area (Å²) in [6.07, 6.45) is -1.07. The van der Waals surface area contributed by atoms with Gasteiger partial charge in [0.1, 0.15) is 5.82 Å². The standard InChI is InChI=1S/C17H14FNO5/c1-10-9-13(5-8-15(10)19(22)23)17(21)24-11(2)16(20)12-3-6-14(18)7-4-12/h3-9,11H,1-2H3/t11-/m1/s1. The summed E-state index contributed by atoms with van der Waals surface area (Å²) in [5.41, 5.74) is 0.530. The molecule has 2 aromatic rings. The highest BCUT2D eigenvalue weighted by Crippen LogP contribution is 2.20. The molecule has 24 heavy (non-hydrogen) atoms. The first kappa shape index (κ1) is 17.3. The predicted molar refractivity (Wildman–Crippen MR) is 83.4 cm³/mol. The maximum absolute atomic E-state index is 12.9. The van der Waals surface area contributed by atoms with Crippen molar-refractivity contribution in [2.24, 2.45) is 0 Å². The average Bonchev–Trinajstić information content (AvgIpc) is 2.54. The van der Waals surface area contributed by atoms with Crippen molar-refractivity contribution >= 4 is 17.4 Å². The first-order valence-electron chi connectivity index (χ1n) is 7.05. The summed E-state index contributed by atoms with van der Waals surface area (Å²) in [6, 6.07) is 8.69. The summed E-state index contributed by atoms with van der Waals surface area (Å²) in [4.78, 5) is 34.4. The number of ketones is 1. The van der Waals surface area contributed by atoms with Crippen molar-refractivity contribution in [2.45, 2.75) is 20.0 Å². The van der Waals surface area contributed by atoms with Gasteiger partial charge >= 0.3 is 5.97 Å². The molecule has 0 saturated carbocycles. The van der Waals surface area contributed by atoms with E-state index in [1.807, 2.05) is 0 Å². The Kier molecular flexibility index (Phi) is 5.03. The maximum atomic E-state index is 12.9. The molecule has 0 aliphatic heterocycles. The highest BCUT2D eigenvalue weighted by molar-refractivity contribution is 6.01. The molecule has 0 amide bonds. The SMILES string of the molecule is Cc1cc(C(=O)O[C@H](C)C(=O)c2ccc(F)cc2)ccc1[N+](=O)[O-]. The van der Waals surface area contributed by atoms with Crippen LogP contribution in [-0.4, -0.2) is 22.8 Å². The van der Waals surface area contributed by atoms with Gasteiger partial charge in [-0.15, -0.1) is 0 Å². The van der Waals surface area contributed by atoms with Crippen LogP contribution >= 0.6 is 0 Å². The van der Waals surface area contributed by atoms with E-state index in [1.165, 1.54) is 44.2 Å². The van der Waals surface area contributed by atoms with Gasteiger partial charge in [0.05, 0.1) is 10.5 Å². The molecule has 0 unspecified atom stereocenters. The smallest absolute Gasteiger partial charge is 0.338 e. The van der Waals surface area contributed by atoms with Gasteiger partial charge in [0.25, 0.3) is 5.69 Å².